The third-order valence-corrected chi connectivity index (χ3v) is 5.63. The van der Waals surface area contributed by atoms with Gasteiger partial charge in [-0.15, -0.1) is 0 Å². The molecule has 0 aliphatic rings. The maximum absolute atomic E-state index is 13.1. The predicted octanol–water partition coefficient (Wildman–Crippen LogP) is 6.80. The van der Waals surface area contributed by atoms with Gasteiger partial charge >= 0.3 is 6.18 Å². The topological polar surface area (TPSA) is 46.9 Å². The maximum Gasteiger partial charge on any atom is 0.406 e. The first-order valence-corrected chi connectivity index (χ1v) is 10.5. The lowest BCUT2D eigenvalue weighted by Gasteiger charge is -2.14. The molecule has 1 heterocycles. The number of benzene rings is 2. The van der Waals surface area contributed by atoms with Crippen LogP contribution in [-0.2, 0) is 11.3 Å². The summed E-state index contributed by atoms with van der Waals surface area (Å²) in [5, 5.41) is 3.21. The number of aromatic nitrogens is 2. The number of carbonyl (C=O) groups is 1. The zero-order valence-corrected chi connectivity index (χ0v) is 18.1. The Morgan fingerprint density at radius 3 is 2.33 bits per heavy atom. The molecule has 0 bridgehead atoms. The Balaban J connectivity index is 1.78. The summed E-state index contributed by atoms with van der Waals surface area (Å²) >= 11 is 18.8. The second-order valence-corrected chi connectivity index (χ2v) is 8.27. The van der Waals surface area contributed by atoms with Gasteiger partial charge in [0.1, 0.15) is 6.54 Å². The molecule has 11 heteroatoms. The first-order chi connectivity index (χ1) is 14.1. The highest BCUT2D eigenvalue weighted by molar-refractivity contribution is 7.99. The molecule has 3 aromatic rings. The lowest BCUT2D eigenvalue weighted by atomic mass is 10.2. The van der Waals surface area contributed by atoms with Crippen LogP contribution in [0.15, 0.2) is 53.8 Å². The molecule has 2 aromatic carbocycles. The number of hydrogen-bond donors (Lipinski definition) is 1. The van der Waals surface area contributed by atoms with Gasteiger partial charge in [-0.25, -0.2) is 4.98 Å². The molecule has 0 spiro atoms. The Morgan fingerprint density at radius 1 is 1.10 bits per heavy atom. The molecule has 0 aliphatic heterocycles. The van der Waals surface area contributed by atoms with E-state index in [1.54, 1.807) is 30.3 Å². The number of amides is 1. The second kappa shape index (κ2) is 9.51. The van der Waals surface area contributed by atoms with Gasteiger partial charge in [-0.05, 0) is 17.7 Å². The monoisotopic (exact) mass is 493 g/mol. The fraction of sp³-hybridized carbons (Fsp3) is 0.158. The molecule has 0 fully saturated rings. The number of nitrogens with zero attached hydrogens (tertiary/aromatic N) is 2. The van der Waals surface area contributed by atoms with Crippen LogP contribution in [0.25, 0.3) is 11.3 Å². The maximum atomic E-state index is 13.1. The molecule has 158 valence electrons. The van der Waals surface area contributed by atoms with E-state index < -0.39 is 18.6 Å². The highest BCUT2D eigenvalue weighted by Gasteiger charge is 2.31. The smallest absolute Gasteiger partial charge is 0.323 e. The molecule has 0 saturated heterocycles. The van der Waals surface area contributed by atoms with Crippen LogP contribution in [0, 0.1) is 0 Å². The lowest BCUT2D eigenvalue weighted by molar-refractivity contribution is -0.141. The van der Waals surface area contributed by atoms with Crippen LogP contribution in [0.2, 0.25) is 15.1 Å². The number of carbonyl (C=O) groups excluding carboxylic acids is 1. The summed E-state index contributed by atoms with van der Waals surface area (Å²) in [7, 11) is 0. The van der Waals surface area contributed by atoms with Crippen molar-refractivity contribution in [3.63, 3.8) is 0 Å². The van der Waals surface area contributed by atoms with E-state index in [-0.39, 0.29) is 26.6 Å². The molecule has 0 unspecified atom stereocenters. The molecule has 0 atom stereocenters. The SMILES string of the molecule is O=C(CSc1ncc(-c2ccccc2)n1CC(F)(F)F)Nc1c(Cl)cc(Cl)cc1Cl. The summed E-state index contributed by atoms with van der Waals surface area (Å²) in [5.41, 5.74) is 1.07. The van der Waals surface area contributed by atoms with Crippen LogP contribution in [0.5, 0.6) is 0 Å². The van der Waals surface area contributed by atoms with Gasteiger partial charge < -0.3 is 9.88 Å². The van der Waals surface area contributed by atoms with Crippen LogP contribution in [0.4, 0.5) is 18.9 Å². The van der Waals surface area contributed by atoms with Crippen molar-refractivity contribution < 1.29 is 18.0 Å². The summed E-state index contributed by atoms with van der Waals surface area (Å²) in [6.07, 6.45) is -3.10. The molecule has 4 nitrogen and oxygen atoms in total. The van der Waals surface area contributed by atoms with Gasteiger partial charge in [-0.1, -0.05) is 76.9 Å². The standard InChI is InChI=1S/C19H13Cl3F3N3OS/c20-12-6-13(21)17(14(22)7-12)27-16(29)9-30-18-26-8-15(11-4-2-1-3-5-11)28(18)10-19(23,24)25/h1-8H,9-10H2,(H,27,29). The van der Waals surface area contributed by atoms with Crippen molar-refractivity contribution in [2.45, 2.75) is 17.9 Å². The van der Waals surface area contributed by atoms with Gasteiger partial charge in [0.15, 0.2) is 5.16 Å². The van der Waals surface area contributed by atoms with Crippen molar-refractivity contribution in [3.05, 3.63) is 63.7 Å². The number of hydrogen-bond acceptors (Lipinski definition) is 3. The van der Waals surface area contributed by atoms with Crippen molar-refractivity contribution in [1.82, 2.24) is 9.55 Å². The Labute approximate surface area is 189 Å². The minimum Gasteiger partial charge on any atom is -0.323 e. The highest BCUT2D eigenvalue weighted by Crippen LogP contribution is 2.34. The first kappa shape index (κ1) is 22.8. The number of imidazole rings is 1. The molecule has 3 rings (SSSR count). The van der Waals surface area contributed by atoms with E-state index in [9.17, 15) is 18.0 Å². The van der Waals surface area contributed by atoms with Crippen LogP contribution in [0.1, 0.15) is 0 Å². The van der Waals surface area contributed by atoms with E-state index >= 15 is 0 Å². The minimum absolute atomic E-state index is 0.0645. The molecular formula is C19H13Cl3F3N3OS. The van der Waals surface area contributed by atoms with Gasteiger partial charge in [-0.3, -0.25) is 4.79 Å². The van der Waals surface area contributed by atoms with Gasteiger partial charge in [0.05, 0.1) is 33.4 Å². The van der Waals surface area contributed by atoms with E-state index in [4.69, 9.17) is 34.8 Å². The molecular weight excluding hydrogens is 482 g/mol. The van der Waals surface area contributed by atoms with Crippen LogP contribution in [-0.4, -0.2) is 27.4 Å². The molecule has 1 amide bonds. The number of halogens is 6. The van der Waals surface area contributed by atoms with Crippen LogP contribution >= 0.6 is 46.6 Å². The quantitative estimate of drug-likeness (QED) is 0.383. The summed E-state index contributed by atoms with van der Waals surface area (Å²) in [5.74, 6) is -0.702. The molecule has 1 aromatic heterocycles. The average Bonchev–Trinajstić information content (AvgIpc) is 3.04. The summed E-state index contributed by atoms with van der Waals surface area (Å²) in [4.78, 5) is 16.4. The normalized spacial score (nSPS) is 11.5. The Bertz CT molecular complexity index is 1040. The molecule has 30 heavy (non-hydrogen) atoms. The third kappa shape index (κ3) is 5.85. The van der Waals surface area contributed by atoms with E-state index in [2.05, 4.69) is 10.3 Å². The zero-order chi connectivity index (χ0) is 21.9. The van der Waals surface area contributed by atoms with Crippen LogP contribution in [0.3, 0.4) is 0 Å². The van der Waals surface area contributed by atoms with Crippen molar-refractivity contribution >= 4 is 58.2 Å². The average molecular weight is 495 g/mol. The fourth-order valence-electron chi connectivity index (χ4n) is 2.61. The number of thioether (sulfide) groups is 1. The highest BCUT2D eigenvalue weighted by atomic mass is 35.5. The molecule has 0 radical (unpaired) electrons. The van der Waals surface area contributed by atoms with E-state index in [1.165, 1.54) is 18.3 Å². The number of alkyl halides is 3. The molecule has 1 N–H and O–H groups in total. The summed E-state index contributed by atoms with van der Waals surface area (Å²) < 4.78 is 40.4. The minimum atomic E-state index is -4.45. The Kier molecular flexibility index (Phi) is 7.23. The Hall–Kier alpha value is -1.87. The first-order valence-electron chi connectivity index (χ1n) is 8.39. The van der Waals surface area contributed by atoms with Crippen molar-refractivity contribution in [3.8, 4) is 11.3 Å². The van der Waals surface area contributed by atoms with Gasteiger partial charge in [0.25, 0.3) is 0 Å². The van der Waals surface area contributed by atoms with Crippen molar-refractivity contribution in [1.29, 1.82) is 0 Å². The molecule has 0 aliphatic carbocycles. The zero-order valence-electron chi connectivity index (χ0n) is 15.0. The van der Waals surface area contributed by atoms with E-state index in [0.29, 0.717) is 16.3 Å². The number of nitrogens with one attached hydrogen (secondary N) is 1. The van der Waals surface area contributed by atoms with Crippen molar-refractivity contribution in [2.24, 2.45) is 0 Å². The summed E-state index contributed by atoms with van der Waals surface area (Å²) in [6, 6.07) is 11.4. The number of rotatable bonds is 6. The molecule has 0 saturated carbocycles. The largest absolute Gasteiger partial charge is 0.406 e. The fourth-order valence-corrected chi connectivity index (χ4v) is 4.30. The summed E-state index contributed by atoms with van der Waals surface area (Å²) in [6.45, 7) is -1.23. The third-order valence-electron chi connectivity index (χ3n) is 3.83. The lowest BCUT2D eigenvalue weighted by Crippen LogP contribution is -2.20. The van der Waals surface area contributed by atoms with Crippen molar-refractivity contribution in [2.75, 3.05) is 11.1 Å². The predicted molar refractivity (Wildman–Crippen MR) is 115 cm³/mol. The number of anilines is 1. The van der Waals surface area contributed by atoms with Gasteiger partial charge in [-0.2, -0.15) is 13.2 Å². The van der Waals surface area contributed by atoms with E-state index in [1.807, 2.05) is 0 Å². The van der Waals surface area contributed by atoms with Gasteiger partial charge in [0, 0.05) is 5.02 Å². The Morgan fingerprint density at radius 2 is 1.73 bits per heavy atom. The van der Waals surface area contributed by atoms with Crippen LogP contribution < -0.4 is 5.32 Å². The van der Waals surface area contributed by atoms with Gasteiger partial charge in [0.2, 0.25) is 5.91 Å². The second-order valence-electron chi connectivity index (χ2n) is 6.07. The van der Waals surface area contributed by atoms with E-state index in [0.717, 1.165) is 16.3 Å².